The van der Waals surface area contributed by atoms with Gasteiger partial charge >= 0.3 is 0 Å². The third kappa shape index (κ3) is 2.63. The molecule has 1 atom stereocenters. The maximum atomic E-state index is 12.2. The van der Waals surface area contributed by atoms with Crippen LogP contribution in [0.3, 0.4) is 0 Å². The highest BCUT2D eigenvalue weighted by Gasteiger charge is 2.44. The second kappa shape index (κ2) is 5.18. The van der Waals surface area contributed by atoms with Gasteiger partial charge in [-0.05, 0) is 25.8 Å². The first-order valence-corrected chi connectivity index (χ1v) is 6.24. The second-order valence-electron chi connectivity index (χ2n) is 5.20. The Bertz CT molecular complexity index is 527. The molecule has 7 nitrogen and oxygen atoms in total. The van der Waals surface area contributed by atoms with Crippen molar-refractivity contribution in [3.63, 3.8) is 0 Å². The van der Waals surface area contributed by atoms with Crippen LogP contribution < -0.4 is 5.32 Å². The van der Waals surface area contributed by atoms with Gasteiger partial charge in [-0.3, -0.25) is 25.1 Å². The van der Waals surface area contributed by atoms with Gasteiger partial charge in [-0.1, -0.05) is 12.1 Å². The lowest BCUT2D eigenvalue weighted by Crippen LogP contribution is -2.46. The Kier molecular flexibility index (Phi) is 3.74. The van der Waals surface area contributed by atoms with E-state index in [9.17, 15) is 14.9 Å². The lowest BCUT2D eigenvalue weighted by molar-refractivity contribution is -0.384. The van der Waals surface area contributed by atoms with Crippen molar-refractivity contribution >= 4 is 11.6 Å². The van der Waals surface area contributed by atoms with Crippen LogP contribution in [0.1, 0.15) is 19.4 Å². The molecule has 1 amide bonds. The number of nitrogens with one attached hydrogen (secondary N) is 1. The molecule has 1 N–H and O–H groups in total. The minimum Gasteiger partial charge on any atom is -0.281 e. The van der Waals surface area contributed by atoms with Crippen LogP contribution in [0.5, 0.6) is 0 Å². The predicted octanol–water partition coefficient (Wildman–Crippen LogP) is 1.24. The molecule has 2 rings (SSSR count). The van der Waals surface area contributed by atoms with Crippen molar-refractivity contribution in [3.8, 4) is 0 Å². The van der Waals surface area contributed by atoms with Gasteiger partial charge in [0.05, 0.1) is 18.1 Å². The molecule has 1 fully saturated rings. The molecule has 1 aromatic carbocycles. The predicted molar refractivity (Wildman–Crippen MR) is 71.7 cm³/mol. The minimum atomic E-state index is -0.572. The number of carbonyl (C=O) groups is 1. The first-order valence-electron chi connectivity index (χ1n) is 6.24. The highest BCUT2D eigenvalue weighted by atomic mass is 16.7. The molecule has 1 aromatic rings. The van der Waals surface area contributed by atoms with Gasteiger partial charge in [0.2, 0.25) is 0 Å². The van der Waals surface area contributed by atoms with Gasteiger partial charge in [-0.25, -0.2) is 5.06 Å². The fraction of sp³-hybridized carbons (Fsp3) is 0.462. The smallest absolute Gasteiger partial charge is 0.269 e. The highest BCUT2D eigenvalue weighted by molar-refractivity contribution is 5.84. The van der Waals surface area contributed by atoms with Crippen molar-refractivity contribution < 1.29 is 14.6 Å². The molecule has 1 aliphatic rings. The summed E-state index contributed by atoms with van der Waals surface area (Å²) in [5.74, 6) is -0.143. The summed E-state index contributed by atoms with van der Waals surface area (Å²) in [7, 11) is 1.45. The van der Waals surface area contributed by atoms with Crippen LogP contribution in [0.4, 0.5) is 5.69 Å². The summed E-state index contributed by atoms with van der Waals surface area (Å²) in [5, 5.41) is 15.1. The van der Waals surface area contributed by atoms with E-state index < -0.39 is 16.6 Å². The second-order valence-corrected chi connectivity index (χ2v) is 5.20. The zero-order chi connectivity index (χ0) is 14.9. The van der Waals surface area contributed by atoms with Gasteiger partial charge in [-0.15, -0.1) is 0 Å². The Labute approximate surface area is 116 Å². The molecule has 0 radical (unpaired) electrons. The average molecular weight is 279 g/mol. The maximum absolute atomic E-state index is 12.2. The quantitative estimate of drug-likeness (QED) is 0.662. The molecule has 0 saturated carbocycles. The molecule has 1 aliphatic heterocycles. The molecule has 108 valence electrons. The fourth-order valence-corrected chi connectivity index (χ4v) is 2.41. The number of non-ortho nitro benzene ring substituents is 1. The van der Waals surface area contributed by atoms with Crippen LogP contribution in [-0.4, -0.2) is 34.7 Å². The third-order valence-corrected chi connectivity index (χ3v) is 3.30. The van der Waals surface area contributed by atoms with E-state index in [1.807, 2.05) is 13.8 Å². The van der Waals surface area contributed by atoms with Crippen molar-refractivity contribution in [2.75, 3.05) is 7.11 Å². The third-order valence-electron chi connectivity index (χ3n) is 3.30. The molecule has 1 saturated heterocycles. The van der Waals surface area contributed by atoms with E-state index in [1.165, 1.54) is 24.3 Å². The topological polar surface area (TPSA) is 84.7 Å². The van der Waals surface area contributed by atoms with E-state index >= 15 is 0 Å². The van der Waals surface area contributed by atoms with E-state index in [1.54, 1.807) is 12.1 Å². The zero-order valence-electron chi connectivity index (χ0n) is 11.6. The van der Waals surface area contributed by atoms with Crippen LogP contribution in [0.25, 0.3) is 0 Å². The molecular weight excluding hydrogens is 262 g/mol. The Morgan fingerprint density at radius 1 is 1.40 bits per heavy atom. The van der Waals surface area contributed by atoms with Crippen molar-refractivity contribution in [1.82, 2.24) is 10.4 Å². The number of rotatable bonds is 4. The summed E-state index contributed by atoms with van der Waals surface area (Å²) in [6.07, 6.45) is 0.458. The van der Waals surface area contributed by atoms with E-state index in [0.717, 1.165) is 5.56 Å². The Balaban J connectivity index is 2.11. The van der Waals surface area contributed by atoms with Crippen molar-refractivity contribution in [3.05, 3.63) is 39.9 Å². The largest absolute Gasteiger partial charge is 0.281 e. The van der Waals surface area contributed by atoms with Gasteiger partial charge in [0.1, 0.15) is 5.66 Å². The van der Waals surface area contributed by atoms with Crippen molar-refractivity contribution in [1.29, 1.82) is 0 Å². The number of benzene rings is 1. The minimum absolute atomic E-state index is 0.0401. The number of hydrogen-bond donors (Lipinski definition) is 1. The lowest BCUT2D eigenvalue weighted by atomic mass is 10.1. The van der Waals surface area contributed by atoms with Crippen LogP contribution in [-0.2, 0) is 16.1 Å². The molecule has 0 aromatic heterocycles. The lowest BCUT2D eigenvalue weighted by Gasteiger charge is -2.28. The van der Waals surface area contributed by atoms with Crippen molar-refractivity contribution in [2.24, 2.45) is 0 Å². The van der Waals surface area contributed by atoms with Crippen LogP contribution in [0.2, 0.25) is 0 Å². The summed E-state index contributed by atoms with van der Waals surface area (Å²) in [6.45, 7) is 3.70. The highest BCUT2D eigenvalue weighted by Crippen LogP contribution is 2.23. The van der Waals surface area contributed by atoms with Crippen molar-refractivity contribution in [2.45, 2.75) is 32.0 Å². The Hall–Kier alpha value is -1.99. The Morgan fingerprint density at radius 3 is 2.45 bits per heavy atom. The van der Waals surface area contributed by atoms with E-state index in [2.05, 4.69) is 5.32 Å². The molecular formula is C13H17N3O4. The van der Waals surface area contributed by atoms with E-state index in [-0.39, 0.29) is 11.6 Å². The number of nitro groups is 1. The van der Waals surface area contributed by atoms with Gasteiger partial charge in [0.15, 0.2) is 0 Å². The number of nitrogens with zero attached hydrogens (tertiary/aromatic N) is 2. The summed E-state index contributed by atoms with van der Waals surface area (Å²) in [5.41, 5.74) is 0.325. The molecule has 0 bridgehead atoms. The number of nitro benzene ring substituents is 1. The molecule has 0 aliphatic carbocycles. The molecule has 7 heteroatoms. The standard InChI is InChI=1S/C13H17N3O4/c1-13(2)14-11(12(17)15(13)20-3)8-9-4-6-10(7-5-9)16(18)19/h4-7,11,14H,8H2,1-3H3. The molecule has 20 heavy (non-hydrogen) atoms. The summed E-state index contributed by atoms with van der Waals surface area (Å²) in [6, 6.07) is 5.80. The number of amides is 1. The first-order chi connectivity index (χ1) is 9.35. The van der Waals surface area contributed by atoms with Gasteiger partial charge in [0, 0.05) is 12.1 Å². The SMILES string of the molecule is CON1C(=O)C(Cc2ccc([N+](=O)[O-])cc2)NC1(C)C. The first kappa shape index (κ1) is 14.4. The maximum Gasteiger partial charge on any atom is 0.269 e. The summed E-state index contributed by atoms with van der Waals surface area (Å²) >= 11 is 0. The number of hydrogen-bond acceptors (Lipinski definition) is 5. The summed E-state index contributed by atoms with van der Waals surface area (Å²) < 4.78 is 0. The Morgan fingerprint density at radius 2 is 2.00 bits per heavy atom. The van der Waals surface area contributed by atoms with E-state index in [0.29, 0.717) is 6.42 Å². The van der Waals surface area contributed by atoms with E-state index in [4.69, 9.17) is 4.84 Å². The van der Waals surface area contributed by atoms with Gasteiger partial charge in [0.25, 0.3) is 11.6 Å². The number of hydroxylamine groups is 2. The van der Waals surface area contributed by atoms with Crippen LogP contribution >= 0.6 is 0 Å². The molecule has 1 heterocycles. The molecule has 0 spiro atoms. The monoisotopic (exact) mass is 279 g/mol. The summed E-state index contributed by atoms with van der Waals surface area (Å²) in [4.78, 5) is 27.4. The average Bonchev–Trinajstić information content (AvgIpc) is 2.59. The number of carbonyl (C=O) groups excluding carboxylic acids is 1. The van der Waals surface area contributed by atoms with Crippen LogP contribution in [0.15, 0.2) is 24.3 Å². The zero-order valence-corrected chi connectivity index (χ0v) is 11.6. The molecule has 1 unspecified atom stereocenters. The normalized spacial score (nSPS) is 21.2. The fourth-order valence-electron chi connectivity index (χ4n) is 2.41. The van der Waals surface area contributed by atoms with Crippen LogP contribution in [0, 0.1) is 10.1 Å². The van der Waals surface area contributed by atoms with Gasteiger partial charge in [-0.2, -0.15) is 0 Å². The van der Waals surface area contributed by atoms with Gasteiger partial charge < -0.3 is 0 Å².